The van der Waals surface area contributed by atoms with Gasteiger partial charge in [0.1, 0.15) is 5.76 Å². The number of allylic oxidation sites excluding steroid dienone is 3. The van der Waals surface area contributed by atoms with E-state index in [0.29, 0.717) is 17.6 Å². The van der Waals surface area contributed by atoms with Crippen LogP contribution in [0.25, 0.3) is 0 Å². The lowest BCUT2D eigenvalue weighted by atomic mass is 9.88. The Morgan fingerprint density at radius 1 is 1.57 bits per heavy atom. The van der Waals surface area contributed by atoms with Gasteiger partial charge in [-0.05, 0) is 24.8 Å². The first-order valence-electron chi connectivity index (χ1n) is 5.21. The Labute approximate surface area is 86.3 Å². The number of aliphatic hydroxyl groups is 1. The minimum atomic E-state index is 0.304. The van der Waals surface area contributed by atoms with E-state index in [1.54, 1.807) is 7.11 Å². The predicted octanol–water partition coefficient (Wildman–Crippen LogP) is 3.41. The molecule has 0 radical (unpaired) electrons. The zero-order valence-electron chi connectivity index (χ0n) is 9.50. The van der Waals surface area contributed by atoms with E-state index in [2.05, 4.69) is 20.8 Å². The van der Waals surface area contributed by atoms with Gasteiger partial charge in [0.05, 0.1) is 7.11 Å². The summed E-state index contributed by atoms with van der Waals surface area (Å²) in [5.74, 6) is 1.98. The Morgan fingerprint density at radius 3 is 2.64 bits per heavy atom. The molecule has 0 spiro atoms. The average Bonchev–Trinajstić information content (AvgIpc) is 2.01. The molecule has 0 aliphatic heterocycles. The van der Waals surface area contributed by atoms with Crippen molar-refractivity contribution < 1.29 is 9.84 Å². The van der Waals surface area contributed by atoms with Gasteiger partial charge >= 0.3 is 0 Å². The van der Waals surface area contributed by atoms with E-state index in [9.17, 15) is 5.11 Å². The zero-order chi connectivity index (χ0) is 10.7. The van der Waals surface area contributed by atoms with E-state index in [1.165, 1.54) is 5.57 Å². The molecule has 0 saturated heterocycles. The summed E-state index contributed by atoms with van der Waals surface area (Å²) in [6.07, 6.45) is 3.93. The number of ether oxygens (including phenoxy) is 1. The van der Waals surface area contributed by atoms with E-state index in [-0.39, 0.29) is 0 Å². The molecule has 80 valence electrons. The second-order valence-electron chi connectivity index (χ2n) is 4.46. The molecule has 0 saturated carbocycles. The Bertz CT molecular complexity index is 261. The maximum Gasteiger partial charge on any atom is 0.153 e. The summed E-state index contributed by atoms with van der Waals surface area (Å²) in [5, 5.41) is 9.70. The van der Waals surface area contributed by atoms with Crippen molar-refractivity contribution in [1.29, 1.82) is 0 Å². The van der Waals surface area contributed by atoms with Crippen LogP contribution in [0.3, 0.4) is 0 Å². The van der Waals surface area contributed by atoms with Crippen molar-refractivity contribution in [2.75, 3.05) is 7.11 Å². The normalized spacial score (nSPS) is 22.6. The van der Waals surface area contributed by atoms with Gasteiger partial charge in [0.25, 0.3) is 0 Å². The summed E-state index contributed by atoms with van der Waals surface area (Å²) in [4.78, 5) is 0. The van der Waals surface area contributed by atoms with E-state index < -0.39 is 0 Å². The molecule has 2 heteroatoms. The lowest BCUT2D eigenvalue weighted by molar-refractivity contribution is 0.213. The van der Waals surface area contributed by atoms with Crippen molar-refractivity contribution in [2.45, 2.75) is 33.6 Å². The Hall–Kier alpha value is -0.920. The molecule has 0 aromatic heterocycles. The smallest absolute Gasteiger partial charge is 0.153 e. The van der Waals surface area contributed by atoms with Crippen LogP contribution in [0.15, 0.2) is 23.2 Å². The third-order valence-electron chi connectivity index (χ3n) is 2.50. The summed E-state index contributed by atoms with van der Waals surface area (Å²) in [5.41, 5.74) is 1.32. The molecule has 0 fully saturated rings. The SMILES string of the molecule is COC1=C(O)C=C(CC(C)C)CC1C. The summed E-state index contributed by atoms with van der Waals surface area (Å²) in [6.45, 7) is 6.47. The van der Waals surface area contributed by atoms with Crippen LogP contribution in [-0.4, -0.2) is 12.2 Å². The van der Waals surface area contributed by atoms with Crippen LogP contribution in [0.1, 0.15) is 33.6 Å². The van der Waals surface area contributed by atoms with Crippen molar-refractivity contribution in [1.82, 2.24) is 0 Å². The van der Waals surface area contributed by atoms with Crippen molar-refractivity contribution >= 4 is 0 Å². The highest BCUT2D eigenvalue weighted by Crippen LogP contribution is 2.31. The van der Waals surface area contributed by atoms with Crippen LogP contribution in [0, 0.1) is 11.8 Å². The Balaban J connectivity index is 2.79. The van der Waals surface area contributed by atoms with Gasteiger partial charge in [-0.25, -0.2) is 0 Å². The molecule has 1 aliphatic rings. The van der Waals surface area contributed by atoms with E-state index in [0.717, 1.165) is 18.6 Å². The van der Waals surface area contributed by atoms with Gasteiger partial charge in [-0.1, -0.05) is 26.3 Å². The lowest BCUT2D eigenvalue weighted by Gasteiger charge is -2.23. The van der Waals surface area contributed by atoms with Gasteiger partial charge in [-0.15, -0.1) is 0 Å². The molecular formula is C12H20O2. The van der Waals surface area contributed by atoms with Crippen LogP contribution in [-0.2, 0) is 4.74 Å². The fraction of sp³-hybridized carbons (Fsp3) is 0.667. The average molecular weight is 196 g/mol. The third-order valence-corrected chi connectivity index (χ3v) is 2.50. The Kier molecular flexibility index (Phi) is 3.62. The fourth-order valence-electron chi connectivity index (χ4n) is 2.03. The van der Waals surface area contributed by atoms with Crippen molar-refractivity contribution in [3.05, 3.63) is 23.2 Å². The molecule has 2 nitrogen and oxygen atoms in total. The van der Waals surface area contributed by atoms with Crippen LogP contribution in [0.5, 0.6) is 0 Å². The second kappa shape index (κ2) is 4.54. The zero-order valence-corrected chi connectivity index (χ0v) is 9.50. The quantitative estimate of drug-likeness (QED) is 0.749. The highest BCUT2D eigenvalue weighted by atomic mass is 16.5. The van der Waals surface area contributed by atoms with Gasteiger partial charge in [0.2, 0.25) is 0 Å². The molecule has 0 aromatic carbocycles. The monoisotopic (exact) mass is 196 g/mol. The first-order valence-corrected chi connectivity index (χ1v) is 5.21. The van der Waals surface area contributed by atoms with Gasteiger partial charge < -0.3 is 9.84 Å². The molecule has 1 rings (SSSR count). The van der Waals surface area contributed by atoms with Crippen molar-refractivity contribution in [3.63, 3.8) is 0 Å². The summed E-state index contributed by atoms with van der Waals surface area (Å²) in [6, 6.07) is 0. The molecule has 0 amide bonds. The van der Waals surface area contributed by atoms with E-state index in [4.69, 9.17) is 4.74 Å². The first kappa shape index (κ1) is 11.2. The van der Waals surface area contributed by atoms with Crippen molar-refractivity contribution in [2.24, 2.45) is 11.8 Å². The Morgan fingerprint density at radius 2 is 2.21 bits per heavy atom. The van der Waals surface area contributed by atoms with Crippen LogP contribution in [0.2, 0.25) is 0 Å². The second-order valence-corrected chi connectivity index (χ2v) is 4.46. The van der Waals surface area contributed by atoms with Gasteiger partial charge in [-0.3, -0.25) is 0 Å². The molecule has 1 atom stereocenters. The topological polar surface area (TPSA) is 29.5 Å². The van der Waals surface area contributed by atoms with Crippen LogP contribution in [0.4, 0.5) is 0 Å². The standard InChI is InChI=1S/C12H20O2/c1-8(2)5-10-6-9(3)12(14-4)11(13)7-10/h7-9,13H,5-6H2,1-4H3. The lowest BCUT2D eigenvalue weighted by Crippen LogP contribution is -2.11. The highest BCUT2D eigenvalue weighted by molar-refractivity contribution is 5.27. The molecule has 0 heterocycles. The third kappa shape index (κ3) is 2.53. The van der Waals surface area contributed by atoms with Crippen LogP contribution >= 0.6 is 0 Å². The number of hydrogen-bond donors (Lipinski definition) is 1. The number of methoxy groups -OCH3 is 1. The van der Waals surface area contributed by atoms with Crippen LogP contribution < -0.4 is 0 Å². The molecule has 0 bridgehead atoms. The number of rotatable bonds is 3. The molecule has 1 unspecified atom stereocenters. The van der Waals surface area contributed by atoms with E-state index in [1.807, 2.05) is 6.08 Å². The maximum atomic E-state index is 9.70. The molecule has 1 aliphatic carbocycles. The van der Waals surface area contributed by atoms with Gasteiger partial charge in [0.15, 0.2) is 5.76 Å². The summed E-state index contributed by atoms with van der Waals surface area (Å²) in [7, 11) is 1.61. The first-order chi connectivity index (χ1) is 6.54. The fourth-order valence-corrected chi connectivity index (χ4v) is 2.03. The molecule has 1 N–H and O–H groups in total. The highest BCUT2D eigenvalue weighted by Gasteiger charge is 2.21. The van der Waals surface area contributed by atoms with Gasteiger partial charge in [0, 0.05) is 5.92 Å². The predicted molar refractivity (Wildman–Crippen MR) is 58.0 cm³/mol. The minimum absolute atomic E-state index is 0.304. The molecule has 14 heavy (non-hydrogen) atoms. The summed E-state index contributed by atoms with van der Waals surface area (Å²) < 4.78 is 5.15. The maximum absolute atomic E-state index is 9.70. The molecule has 0 aromatic rings. The van der Waals surface area contributed by atoms with E-state index >= 15 is 0 Å². The number of aliphatic hydroxyl groups excluding tert-OH is 1. The largest absolute Gasteiger partial charge is 0.504 e. The minimum Gasteiger partial charge on any atom is -0.504 e. The van der Waals surface area contributed by atoms with Crippen molar-refractivity contribution in [3.8, 4) is 0 Å². The summed E-state index contributed by atoms with van der Waals surface area (Å²) >= 11 is 0. The molecular weight excluding hydrogens is 176 g/mol. The number of hydrogen-bond acceptors (Lipinski definition) is 2. The van der Waals surface area contributed by atoms with Gasteiger partial charge in [-0.2, -0.15) is 0 Å².